The first-order valence-electron chi connectivity index (χ1n) is 7.29. The molecule has 0 amide bonds. The molecule has 1 aromatic carbocycles. The van der Waals surface area contributed by atoms with Crippen LogP contribution in [-0.2, 0) is 0 Å². The number of benzene rings is 1. The Labute approximate surface area is 117 Å². The van der Waals surface area contributed by atoms with Gasteiger partial charge >= 0.3 is 0 Å². The van der Waals surface area contributed by atoms with Gasteiger partial charge in [0.15, 0.2) is 0 Å². The molecule has 1 aromatic rings. The van der Waals surface area contributed by atoms with Crippen molar-refractivity contribution in [2.75, 3.05) is 45.2 Å². The highest BCUT2D eigenvalue weighted by atomic mass is 15.2. The molecule has 1 heterocycles. The van der Waals surface area contributed by atoms with Crippen LogP contribution in [0.4, 0.5) is 5.69 Å². The molecule has 0 aromatic heterocycles. The van der Waals surface area contributed by atoms with Crippen molar-refractivity contribution in [2.24, 2.45) is 0 Å². The summed E-state index contributed by atoms with van der Waals surface area (Å²) in [6.07, 6.45) is 1.24. The predicted octanol–water partition coefficient (Wildman–Crippen LogP) is 2.03. The van der Waals surface area contributed by atoms with Gasteiger partial charge in [-0.05, 0) is 58.1 Å². The molecular weight excluding hydrogens is 234 g/mol. The van der Waals surface area contributed by atoms with Crippen LogP contribution in [-0.4, -0.2) is 51.2 Å². The van der Waals surface area contributed by atoms with Gasteiger partial charge in [-0.15, -0.1) is 0 Å². The highest BCUT2D eigenvalue weighted by molar-refractivity contribution is 5.55. The number of nitrogens with zero attached hydrogens (tertiary/aromatic N) is 2. The minimum atomic E-state index is 0.590. The van der Waals surface area contributed by atoms with E-state index in [9.17, 15) is 0 Å². The van der Waals surface area contributed by atoms with E-state index in [-0.39, 0.29) is 0 Å². The van der Waals surface area contributed by atoms with Gasteiger partial charge in [0.2, 0.25) is 0 Å². The van der Waals surface area contributed by atoms with E-state index in [1.165, 1.54) is 29.8 Å². The summed E-state index contributed by atoms with van der Waals surface area (Å²) < 4.78 is 0. The summed E-state index contributed by atoms with van der Waals surface area (Å²) in [5, 5.41) is 3.33. The number of hydrogen-bond donors (Lipinski definition) is 1. The molecule has 0 radical (unpaired) electrons. The molecule has 1 fully saturated rings. The lowest BCUT2D eigenvalue weighted by Gasteiger charge is -2.31. The maximum absolute atomic E-state index is 3.33. The van der Waals surface area contributed by atoms with Gasteiger partial charge in [-0.1, -0.05) is 12.1 Å². The van der Waals surface area contributed by atoms with Gasteiger partial charge in [0.25, 0.3) is 0 Å². The third kappa shape index (κ3) is 3.48. The average Bonchev–Trinajstić information content (AvgIpc) is 2.56. The van der Waals surface area contributed by atoms with E-state index in [1.54, 1.807) is 0 Å². The van der Waals surface area contributed by atoms with Crippen LogP contribution in [0.5, 0.6) is 0 Å². The Morgan fingerprint density at radius 3 is 2.79 bits per heavy atom. The minimum absolute atomic E-state index is 0.590. The molecule has 1 saturated heterocycles. The van der Waals surface area contributed by atoms with Crippen molar-refractivity contribution >= 4 is 5.69 Å². The van der Waals surface area contributed by atoms with Crippen molar-refractivity contribution in [3.05, 3.63) is 29.3 Å². The zero-order valence-corrected chi connectivity index (χ0v) is 12.7. The topological polar surface area (TPSA) is 18.5 Å². The number of aryl methyl sites for hydroxylation is 2. The van der Waals surface area contributed by atoms with Crippen molar-refractivity contribution < 1.29 is 0 Å². The Bertz CT molecular complexity index is 416. The SMILES string of the molecule is CNCC1CN(c2cc(C)ccc2C)CCCN1C. The van der Waals surface area contributed by atoms with Crippen LogP contribution in [0.3, 0.4) is 0 Å². The number of rotatable bonds is 3. The molecule has 3 heteroatoms. The monoisotopic (exact) mass is 261 g/mol. The van der Waals surface area contributed by atoms with Crippen LogP contribution >= 0.6 is 0 Å². The molecule has 1 atom stereocenters. The molecule has 1 N–H and O–H groups in total. The third-order valence-electron chi connectivity index (χ3n) is 4.14. The van der Waals surface area contributed by atoms with E-state index in [2.05, 4.69) is 54.2 Å². The fourth-order valence-electron chi connectivity index (χ4n) is 2.91. The van der Waals surface area contributed by atoms with E-state index >= 15 is 0 Å². The van der Waals surface area contributed by atoms with Crippen LogP contribution in [0, 0.1) is 13.8 Å². The summed E-state index contributed by atoms with van der Waals surface area (Å²) in [5.74, 6) is 0. The van der Waals surface area contributed by atoms with Gasteiger partial charge in [-0.2, -0.15) is 0 Å². The fourth-order valence-corrected chi connectivity index (χ4v) is 2.91. The Hall–Kier alpha value is -1.06. The Kier molecular flexibility index (Phi) is 4.83. The molecule has 2 rings (SSSR count). The average molecular weight is 261 g/mol. The Balaban J connectivity index is 2.20. The second kappa shape index (κ2) is 6.40. The summed E-state index contributed by atoms with van der Waals surface area (Å²) in [4.78, 5) is 5.05. The summed E-state index contributed by atoms with van der Waals surface area (Å²) in [7, 11) is 4.29. The van der Waals surface area contributed by atoms with Gasteiger partial charge in [0.05, 0.1) is 0 Å². The van der Waals surface area contributed by atoms with Gasteiger partial charge in [0.1, 0.15) is 0 Å². The lowest BCUT2D eigenvalue weighted by molar-refractivity contribution is 0.257. The van der Waals surface area contributed by atoms with Crippen LogP contribution in [0.25, 0.3) is 0 Å². The van der Waals surface area contributed by atoms with Crippen LogP contribution in [0.2, 0.25) is 0 Å². The minimum Gasteiger partial charge on any atom is -0.370 e. The second-order valence-corrected chi connectivity index (χ2v) is 5.78. The molecule has 1 aliphatic heterocycles. The van der Waals surface area contributed by atoms with Crippen molar-refractivity contribution in [2.45, 2.75) is 26.3 Å². The molecule has 0 bridgehead atoms. The molecule has 106 valence electrons. The fraction of sp³-hybridized carbons (Fsp3) is 0.625. The molecule has 1 aliphatic rings. The maximum Gasteiger partial charge on any atom is 0.0399 e. The maximum atomic E-state index is 3.33. The molecule has 1 unspecified atom stereocenters. The number of hydrogen-bond acceptors (Lipinski definition) is 3. The molecule has 0 saturated carbocycles. The van der Waals surface area contributed by atoms with Crippen LogP contribution in [0.15, 0.2) is 18.2 Å². The quantitative estimate of drug-likeness (QED) is 0.898. The number of nitrogens with one attached hydrogen (secondary N) is 1. The Morgan fingerprint density at radius 2 is 2.05 bits per heavy atom. The second-order valence-electron chi connectivity index (χ2n) is 5.78. The first kappa shape index (κ1) is 14.4. The van der Waals surface area contributed by atoms with E-state index in [4.69, 9.17) is 0 Å². The van der Waals surface area contributed by atoms with Crippen molar-refractivity contribution in [3.8, 4) is 0 Å². The first-order valence-corrected chi connectivity index (χ1v) is 7.29. The zero-order chi connectivity index (χ0) is 13.8. The van der Waals surface area contributed by atoms with Crippen LogP contribution < -0.4 is 10.2 Å². The van der Waals surface area contributed by atoms with E-state index in [0.717, 1.165) is 19.6 Å². The van der Waals surface area contributed by atoms with Gasteiger partial charge in [-0.25, -0.2) is 0 Å². The summed E-state index contributed by atoms with van der Waals surface area (Å²) >= 11 is 0. The lowest BCUT2D eigenvalue weighted by atomic mass is 10.1. The van der Waals surface area contributed by atoms with E-state index < -0.39 is 0 Å². The van der Waals surface area contributed by atoms with Crippen LogP contribution in [0.1, 0.15) is 17.5 Å². The third-order valence-corrected chi connectivity index (χ3v) is 4.14. The number of likely N-dealkylation sites (N-methyl/N-ethyl adjacent to an activating group) is 2. The normalized spacial score (nSPS) is 21.5. The molecule has 0 spiro atoms. The zero-order valence-electron chi connectivity index (χ0n) is 12.7. The molecular formula is C16H27N3. The first-order chi connectivity index (χ1) is 9.11. The summed E-state index contributed by atoms with van der Waals surface area (Å²) in [6, 6.07) is 7.37. The summed E-state index contributed by atoms with van der Waals surface area (Å²) in [6.45, 7) is 8.91. The van der Waals surface area contributed by atoms with Gasteiger partial charge in [-0.3, -0.25) is 0 Å². The predicted molar refractivity (Wildman–Crippen MR) is 83.1 cm³/mol. The smallest absolute Gasteiger partial charge is 0.0399 e. The summed E-state index contributed by atoms with van der Waals surface area (Å²) in [5.41, 5.74) is 4.15. The highest BCUT2D eigenvalue weighted by Gasteiger charge is 2.22. The Morgan fingerprint density at radius 1 is 1.26 bits per heavy atom. The van der Waals surface area contributed by atoms with E-state index in [1.807, 2.05) is 7.05 Å². The van der Waals surface area contributed by atoms with Crippen molar-refractivity contribution in [3.63, 3.8) is 0 Å². The van der Waals surface area contributed by atoms with E-state index in [0.29, 0.717) is 6.04 Å². The molecule has 3 nitrogen and oxygen atoms in total. The molecule has 19 heavy (non-hydrogen) atoms. The van der Waals surface area contributed by atoms with Gasteiger partial charge < -0.3 is 15.1 Å². The van der Waals surface area contributed by atoms with Crippen molar-refractivity contribution in [1.82, 2.24) is 10.2 Å². The largest absolute Gasteiger partial charge is 0.370 e. The van der Waals surface area contributed by atoms with Crippen molar-refractivity contribution in [1.29, 1.82) is 0 Å². The lowest BCUT2D eigenvalue weighted by Crippen LogP contribution is -2.44. The molecule has 0 aliphatic carbocycles. The van der Waals surface area contributed by atoms with Gasteiger partial charge in [0, 0.05) is 31.4 Å². The standard InChI is InChI=1S/C16H27N3/c1-13-6-7-14(2)16(10-13)19-9-5-8-18(4)15(12-19)11-17-3/h6-7,10,15,17H,5,8-9,11-12H2,1-4H3. The highest BCUT2D eigenvalue weighted by Crippen LogP contribution is 2.24. The number of anilines is 1.